The minimum absolute atomic E-state index is 0.0299. The van der Waals surface area contributed by atoms with Crippen molar-refractivity contribution < 1.29 is 4.79 Å². The Morgan fingerprint density at radius 1 is 1.21 bits per heavy atom. The monoisotopic (exact) mass is 260 g/mol. The van der Waals surface area contributed by atoms with Crippen molar-refractivity contribution in [1.82, 2.24) is 20.2 Å². The van der Waals surface area contributed by atoms with Gasteiger partial charge in [-0.15, -0.1) is 0 Å². The van der Waals surface area contributed by atoms with E-state index in [1.165, 1.54) is 0 Å². The summed E-state index contributed by atoms with van der Waals surface area (Å²) in [5, 5.41) is 2.96. The van der Waals surface area contributed by atoms with Crippen LogP contribution in [0.1, 0.15) is 25.5 Å². The number of fused-ring (bicyclic) bond motifs is 1. The maximum Gasteiger partial charge on any atom is 0.323 e. The van der Waals surface area contributed by atoms with Crippen molar-refractivity contribution in [3.8, 4) is 0 Å². The first-order chi connectivity index (χ1) is 9.04. The van der Waals surface area contributed by atoms with Gasteiger partial charge in [0.1, 0.15) is 0 Å². The number of carbonyl (C=O) groups excluding carboxylic acids is 1. The molecule has 1 unspecified atom stereocenters. The Balaban J connectivity index is 1.92. The Kier molecular flexibility index (Phi) is 2.58. The molecule has 1 atom stereocenters. The number of rotatable bonds is 2. The van der Waals surface area contributed by atoms with Gasteiger partial charge in [-0.05, 0) is 31.5 Å². The molecule has 1 aromatic heterocycles. The zero-order valence-corrected chi connectivity index (χ0v) is 10.9. The highest BCUT2D eigenvalue weighted by Gasteiger charge is 2.31. The van der Waals surface area contributed by atoms with Crippen LogP contribution in [-0.4, -0.2) is 33.5 Å². The highest BCUT2D eigenvalue weighted by molar-refractivity contribution is 5.79. The van der Waals surface area contributed by atoms with Gasteiger partial charge in [-0.3, -0.25) is 0 Å². The third kappa shape index (κ3) is 1.99. The lowest BCUT2D eigenvalue weighted by Gasteiger charge is -2.18. The molecule has 6 nitrogen and oxygen atoms in total. The van der Waals surface area contributed by atoms with Gasteiger partial charge < -0.3 is 20.2 Å². The quantitative estimate of drug-likeness (QED) is 0.761. The minimum atomic E-state index is -0.216. The summed E-state index contributed by atoms with van der Waals surface area (Å²) in [7, 11) is 0. The molecule has 1 aromatic carbocycles. The van der Waals surface area contributed by atoms with E-state index in [0.717, 1.165) is 16.6 Å². The number of benzene rings is 1. The van der Waals surface area contributed by atoms with Gasteiger partial charge in [-0.1, -0.05) is 6.07 Å². The molecule has 0 aliphatic carbocycles. The second-order valence-corrected chi connectivity index (χ2v) is 5.13. The van der Waals surface area contributed by atoms with Gasteiger partial charge in [0.05, 0.1) is 17.1 Å². The van der Waals surface area contributed by atoms with Gasteiger partial charge in [0, 0.05) is 12.6 Å². The number of amides is 2. The number of imidazole rings is 1. The first kappa shape index (κ1) is 11.8. The predicted molar refractivity (Wildman–Crippen MR) is 72.0 cm³/mol. The van der Waals surface area contributed by atoms with Gasteiger partial charge in [0.2, 0.25) is 0 Å². The zero-order chi connectivity index (χ0) is 13.6. The number of hydrogen-bond donors (Lipinski definition) is 3. The van der Waals surface area contributed by atoms with E-state index >= 15 is 0 Å². The van der Waals surface area contributed by atoms with E-state index in [9.17, 15) is 9.59 Å². The van der Waals surface area contributed by atoms with E-state index in [0.29, 0.717) is 6.54 Å². The Hall–Kier alpha value is -2.24. The predicted octanol–water partition coefficient (Wildman–Crippen LogP) is 1.33. The van der Waals surface area contributed by atoms with Crippen molar-refractivity contribution in [1.29, 1.82) is 0 Å². The average Bonchev–Trinajstić information content (AvgIpc) is 2.89. The first-order valence-electron chi connectivity index (χ1n) is 6.33. The van der Waals surface area contributed by atoms with Crippen molar-refractivity contribution in [2.75, 3.05) is 6.54 Å². The van der Waals surface area contributed by atoms with Crippen molar-refractivity contribution in [3.63, 3.8) is 0 Å². The van der Waals surface area contributed by atoms with Crippen molar-refractivity contribution in [2.24, 2.45) is 0 Å². The molecule has 2 heterocycles. The third-order valence-corrected chi connectivity index (χ3v) is 3.50. The summed E-state index contributed by atoms with van der Waals surface area (Å²) < 4.78 is 0. The molecule has 1 aliphatic rings. The van der Waals surface area contributed by atoms with Crippen LogP contribution in [0.15, 0.2) is 23.0 Å². The summed E-state index contributed by atoms with van der Waals surface area (Å²) in [5.41, 5.74) is 2.32. The molecule has 1 fully saturated rings. The molecule has 2 amide bonds. The molecule has 3 N–H and O–H groups in total. The molecule has 2 aromatic rings. The van der Waals surface area contributed by atoms with E-state index in [2.05, 4.69) is 15.3 Å². The van der Waals surface area contributed by atoms with Crippen LogP contribution in [0, 0.1) is 0 Å². The number of urea groups is 1. The number of aromatic nitrogens is 2. The van der Waals surface area contributed by atoms with Crippen LogP contribution in [0.5, 0.6) is 0 Å². The Morgan fingerprint density at radius 3 is 2.63 bits per heavy atom. The standard InChI is InChI=1S/C13H16N4O2/c1-7(2)17-6-11(16-13(17)19)8-3-4-9-10(5-8)15-12(18)14-9/h3-5,7,11H,6H2,1-2H3,(H,16,19)(H2,14,15,18). The topological polar surface area (TPSA) is 81.0 Å². The van der Waals surface area contributed by atoms with Crippen molar-refractivity contribution >= 4 is 17.1 Å². The van der Waals surface area contributed by atoms with Gasteiger partial charge >= 0.3 is 11.7 Å². The molecule has 100 valence electrons. The number of hydrogen-bond acceptors (Lipinski definition) is 2. The lowest BCUT2D eigenvalue weighted by molar-refractivity contribution is 0.206. The van der Waals surface area contributed by atoms with Crippen LogP contribution >= 0.6 is 0 Å². The molecule has 19 heavy (non-hydrogen) atoms. The minimum Gasteiger partial charge on any atom is -0.329 e. The summed E-state index contributed by atoms with van der Waals surface area (Å²) in [6.07, 6.45) is 0. The molecule has 0 saturated carbocycles. The summed E-state index contributed by atoms with van der Waals surface area (Å²) in [4.78, 5) is 30.3. The summed E-state index contributed by atoms with van der Waals surface area (Å²) in [6, 6.07) is 5.80. The van der Waals surface area contributed by atoms with Crippen LogP contribution in [0.3, 0.4) is 0 Å². The Labute approximate surface area is 109 Å². The summed E-state index contributed by atoms with van der Waals surface area (Å²) in [5.74, 6) is 0. The fourth-order valence-electron chi connectivity index (χ4n) is 2.46. The molecule has 1 aliphatic heterocycles. The van der Waals surface area contributed by atoms with E-state index in [1.807, 2.05) is 32.0 Å². The number of nitrogens with one attached hydrogen (secondary N) is 3. The fraction of sp³-hybridized carbons (Fsp3) is 0.385. The Bertz CT molecular complexity index is 685. The molecular formula is C13H16N4O2. The first-order valence-corrected chi connectivity index (χ1v) is 6.33. The molecule has 1 saturated heterocycles. The van der Waals surface area contributed by atoms with Gasteiger partial charge in [0.15, 0.2) is 0 Å². The van der Waals surface area contributed by atoms with Gasteiger partial charge in [-0.25, -0.2) is 9.59 Å². The van der Waals surface area contributed by atoms with E-state index in [-0.39, 0.29) is 23.8 Å². The number of H-pyrrole nitrogens is 2. The maximum absolute atomic E-state index is 11.8. The third-order valence-electron chi connectivity index (χ3n) is 3.50. The number of nitrogens with zero attached hydrogens (tertiary/aromatic N) is 1. The second-order valence-electron chi connectivity index (χ2n) is 5.13. The van der Waals surface area contributed by atoms with Crippen LogP contribution in [0.4, 0.5) is 4.79 Å². The molecule has 0 bridgehead atoms. The van der Waals surface area contributed by atoms with Crippen LogP contribution in [0.25, 0.3) is 11.0 Å². The summed E-state index contributed by atoms with van der Waals surface area (Å²) in [6.45, 7) is 4.64. The lowest BCUT2D eigenvalue weighted by Crippen LogP contribution is -2.33. The lowest BCUT2D eigenvalue weighted by atomic mass is 10.1. The number of carbonyl (C=O) groups is 1. The van der Waals surface area contributed by atoms with E-state index in [4.69, 9.17) is 0 Å². The van der Waals surface area contributed by atoms with E-state index in [1.54, 1.807) is 4.90 Å². The van der Waals surface area contributed by atoms with E-state index < -0.39 is 0 Å². The Morgan fingerprint density at radius 2 is 1.95 bits per heavy atom. The molecule has 0 radical (unpaired) electrons. The van der Waals surface area contributed by atoms with Crippen LogP contribution in [-0.2, 0) is 0 Å². The molecular weight excluding hydrogens is 244 g/mol. The number of aromatic amines is 2. The highest BCUT2D eigenvalue weighted by Crippen LogP contribution is 2.23. The maximum atomic E-state index is 11.8. The van der Waals surface area contributed by atoms with Crippen LogP contribution < -0.4 is 11.0 Å². The normalized spacial score (nSPS) is 19.4. The average molecular weight is 260 g/mol. The molecule has 0 spiro atoms. The second kappa shape index (κ2) is 4.15. The fourth-order valence-corrected chi connectivity index (χ4v) is 2.46. The smallest absolute Gasteiger partial charge is 0.323 e. The zero-order valence-electron chi connectivity index (χ0n) is 10.9. The van der Waals surface area contributed by atoms with Gasteiger partial charge in [-0.2, -0.15) is 0 Å². The SMILES string of the molecule is CC(C)N1CC(c2ccc3[nH]c(=O)[nH]c3c2)NC1=O. The molecule has 6 heteroatoms. The largest absolute Gasteiger partial charge is 0.329 e. The van der Waals surface area contributed by atoms with Crippen molar-refractivity contribution in [3.05, 3.63) is 34.2 Å². The van der Waals surface area contributed by atoms with Crippen molar-refractivity contribution in [2.45, 2.75) is 25.9 Å². The highest BCUT2D eigenvalue weighted by atomic mass is 16.2. The van der Waals surface area contributed by atoms with Gasteiger partial charge in [0.25, 0.3) is 0 Å². The van der Waals surface area contributed by atoms with Crippen LogP contribution in [0.2, 0.25) is 0 Å². The molecule has 3 rings (SSSR count). The summed E-state index contributed by atoms with van der Waals surface area (Å²) >= 11 is 0.